The van der Waals surface area contributed by atoms with Gasteiger partial charge in [0.05, 0.1) is 49.5 Å². The number of ketones is 2. The van der Waals surface area contributed by atoms with Crippen molar-refractivity contribution in [3.8, 4) is 11.5 Å². The molecule has 4 aliphatic rings. The van der Waals surface area contributed by atoms with E-state index in [9.17, 15) is 97.5 Å². The summed E-state index contributed by atoms with van der Waals surface area (Å²) < 4.78 is 33.6. The number of hydrogen-bond acceptors (Lipinski definition) is 26. The number of esters is 2. The maximum absolute atomic E-state index is 14.3. The smallest absolute Gasteiger partial charge is 0.340 e. The van der Waals surface area contributed by atoms with Crippen molar-refractivity contribution in [1.82, 2.24) is 52.8 Å². The lowest BCUT2D eigenvalue weighted by Gasteiger charge is -2.36. The number of benzene rings is 2. The largest absolute Gasteiger partial charge is 0.508 e. The number of aromatic hydroxyl groups is 2. The molecule has 16 atom stereocenters. The Morgan fingerprint density at radius 1 is 0.591 bits per heavy atom. The number of cyclic esters (lactones) is 2. The van der Waals surface area contributed by atoms with E-state index in [0.29, 0.717) is 67.3 Å². The SMILES string of the molecule is C=CCNC(=O)/C=C/C=C(\C)[C@@H]1C/C=C/C=C/[C@H](O)[C@H](C)[C@@H](O)[C@@H](CCC(C)=O)C(=O)N[C@@H](C(C)C)C(=O)N[C@@H](Cc2cccc(O)c2)C(=O)N2CCCC(N2)C(=O)O1.C=CCNC(=O)CP(=O)(OCC)OCC.CC(=O)CC[C@H]1C(=O)N[C@@H](C(C)C)C(=O)N[C@@H](Cc2cccc(O)c2)C(=O)N2CCCC(N2)C(=O)O[C@H](/C(C)=C/C=O)C/C=C/C=C/[C@H](O)[C@H](C)[C@H]1O. The first-order valence-corrected chi connectivity index (χ1v) is 44.8. The van der Waals surface area contributed by atoms with Gasteiger partial charge in [0.1, 0.15) is 84.0 Å². The first-order chi connectivity index (χ1) is 60.2. The summed E-state index contributed by atoms with van der Waals surface area (Å²) in [6, 6.07) is 5.80. The van der Waals surface area contributed by atoms with Crippen LogP contribution < -0.4 is 42.8 Å². The van der Waals surface area contributed by atoms with Gasteiger partial charge in [0.2, 0.25) is 35.4 Å². The van der Waals surface area contributed by atoms with Gasteiger partial charge in [-0.25, -0.2) is 10.9 Å². The van der Waals surface area contributed by atoms with E-state index in [1.165, 1.54) is 78.5 Å². The lowest BCUT2D eigenvalue weighted by Crippen LogP contribution is -2.62. The van der Waals surface area contributed by atoms with Crippen molar-refractivity contribution in [1.29, 1.82) is 0 Å². The molecule has 8 amide bonds. The number of fused-ring (bicyclic) bond motifs is 4. The fourth-order valence-electron chi connectivity index (χ4n) is 13.9. The molecule has 6 rings (SSSR count). The minimum absolute atomic E-state index is 0.0247. The van der Waals surface area contributed by atoms with Crippen LogP contribution in [0, 0.1) is 35.5 Å². The number of Topliss-reactive ketones (excluding diaryl/α,β-unsaturated/α-hetero) is 2. The van der Waals surface area contributed by atoms with Crippen LogP contribution >= 0.6 is 7.60 Å². The normalized spacial score (nSPS) is 26.8. The monoisotopic (exact) mass is 1790 g/mol. The number of hydrazine groups is 2. The predicted octanol–water partition coefficient (Wildman–Crippen LogP) is 6.16. The van der Waals surface area contributed by atoms with E-state index >= 15 is 0 Å². The van der Waals surface area contributed by atoms with Gasteiger partial charge in [0.15, 0.2) is 0 Å². The molecular weight excluding hydrogens is 1660 g/mol. The molecule has 2 saturated heterocycles. The fraction of sp³-hybridized carbons (Fsp3) is 0.533. The van der Waals surface area contributed by atoms with E-state index in [1.54, 1.807) is 148 Å². The van der Waals surface area contributed by atoms with Gasteiger partial charge >= 0.3 is 19.5 Å². The molecule has 127 heavy (non-hydrogen) atoms. The van der Waals surface area contributed by atoms with Crippen LogP contribution in [0.3, 0.4) is 0 Å². The standard InChI is InChI=1S/C44H61N5O10.C39H54N4O10.C9H18NO4P/c1-7-23-45-38(53)20-11-14-28(4)37-19-10-8-9-18-36(52)30(6)40(54)33(22-21-29(5)50)41(55)47-39(27(2)3)42(56)46-35(26-31-15-12-16-32(51)25-31)43(57)49-24-13-17-34(48-49)44(58)59-37;1-23(2)34-37(50)40-31(22-27-11-9-12-28(46)21-27)38(51)43-19-10-13-30(42-43)39(52)53-33(24(3)18-20-44)15-8-6-7-14-32(47)26(5)35(48)29(36(49)41-34)17-16-25(4)45;1-4-7-10-9(11)8-15(12,13-5-2)14-6-3/h7-12,14-16,18,20,25,27,30,33-37,39-40,48,51-52,54H,1,13,17,19,21-24,26H2,2-6H3,(H,45,53)(H,46,56)(H,47,55);6-9,11-12,14,18,20-21,23,26,29-35,42,46-48H,10,13,15-17,19,22H2,1-5H3,(H,40,50)(H,41,49);4H,1,5-8H2,2-3H3,(H,10,11)/b10-8+,18-9+,20-11+,28-14+;8-6+,14-7+,24-18+;/t30-,33+,34?,35-,36-,37-,39-,40+;26-,29+,30?,31-,32-,33-,34-,35+;/m00./s1. The summed E-state index contributed by atoms with van der Waals surface area (Å²) in [7, 11) is -3.26. The van der Waals surface area contributed by atoms with Crippen molar-refractivity contribution < 1.29 is 116 Å². The van der Waals surface area contributed by atoms with E-state index < -0.39 is 163 Å². The summed E-state index contributed by atoms with van der Waals surface area (Å²) in [5.74, 6) is -11.5. The predicted molar refractivity (Wildman–Crippen MR) is 476 cm³/mol. The first-order valence-electron chi connectivity index (χ1n) is 43.0. The molecule has 2 aromatic carbocycles. The summed E-state index contributed by atoms with van der Waals surface area (Å²) >= 11 is 0. The quantitative estimate of drug-likeness (QED) is 0.0119. The molecule has 34 nitrogen and oxygen atoms in total. The summed E-state index contributed by atoms with van der Waals surface area (Å²) in [5, 5.41) is 83.8. The number of carbonyl (C=O) groups is 13. The summed E-state index contributed by atoms with van der Waals surface area (Å²) in [5.41, 5.74) is 8.09. The Bertz CT molecular complexity index is 4300. The maximum Gasteiger partial charge on any atom is 0.340 e. The lowest BCUT2D eigenvalue weighted by molar-refractivity contribution is -0.157. The van der Waals surface area contributed by atoms with Crippen LogP contribution in [-0.4, -0.2) is 236 Å². The molecule has 0 aromatic heterocycles. The number of allylic oxidation sites excluding steroid dienone is 7. The van der Waals surface area contributed by atoms with Crippen molar-refractivity contribution in [2.24, 2.45) is 35.5 Å². The second kappa shape index (κ2) is 56.5. The highest BCUT2D eigenvalue weighted by atomic mass is 31.2. The van der Waals surface area contributed by atoms with Gasteiger partial charge in [-0.2, -0.15) is 0 Å². The van der Waals surface area contributed by atoms with Crippen LogP contribution in [0.4, 0.5) is 0 Å². The number of carbonyl (C=O) groups excluding carboxylic acids is 13. The Morgan fingerprint density at radius 3 is 1.38 bits per heavy atom. The van der Waals surface area contributed by atoms with E-state index in [4.69, 9.17) is 18.5 Å². The highest BCUT2D eigenvalue weighted by molar-refractivity contribution is 7.54. The Morgan fingerprint density at radius 2 is 1.00 bits per heavy atom. The van der Waals surface area contributed by atoms with E-state index in [-0.39, 0.29) is 119 Å². The third kappa shape index (κ3) is 38.0. The molecule has 700 valence electrons. The molecule has 2 fully saturated rings. The van der Waals surface area contributed by atoms with Crippen LogP contribution in [0.2, 0.25) is 0 Å². The minimum atomic E-state index is -3.26. The Kier molecular flexibility index (Phi) is 48.3. The zero-order valence-electron chi connectivity index (χ0n) is 74.9. The molecule has 4 heterocycles. The van der Waals surface area contributed by atoms with E-state index in [1.807, 2.05) is 0 Å². The van der Waals surface area contributed by atoms with Crippen molar-refractivity contribution in [2.75, 3.05) is 45.6 Å². The van der Waals surface area contributed by atoms with Crippen molar-refractivity contribution in [2.45, 2.75) is 233 Å². The lowest BCUT2D eigenvalue weighted by atomic mass is 9.84. The van der Waals surface area contributed by atoms with Crippen molar-refractivity contribution in [3.63, 3.8) is 0 Å². The number of amides is 8. The number of phenols is 2. The maximum atomic E-state index is 14.3. The van der Waals surface area contributed by atoms with E-state index in [2.05, 4.69) is 55.9 Å². The van der Waals surface area contributed by atoms with Gasteiger partial charge in [-0.1, -0.05) is 139 Å². The van der Waals surface area contributed by atoms with Gasteiger partial charge in [-0.15, -0.1) is 13.2 Å². The van der Waals surface area contributed by atoms with Crippen LogP contribution in [0.25, 0.3) is 0 Å². The number of phenolic OH excluding ortho intramolecular Hbond substituents is 2. The zero-order chi connectivity index (χ0) is 94.6. The van der Waals surface area contributed by atoms with Crippen molar-refractivity contribution >= 4 is 84.6 Å². The third-order valence-corrected chi connectivity index (χ3v) is 23.3. The molecule has 0 aliphatic carbocycles. The average Bonchev–Trinajstić information content (AvgIpc) is 0.808. The number of aliphatic hydroxyl groups excluding tert-OH is 4. The topological polar surface area (TPSA) is 500 Å². The second-order valence-electron chi connectivity index (χ2n) is 32.3. The third-order valence-electron chi connectivity index (χ3n) is 21.3. The van der Waals surface area contributed by atoms with Gasteiger partial charge in [-0.05, 0) is 145 Å². The Labute approximate surface area is 744 Å². The van der Waals surface area contributed by atoms with Crippen LogP contribution in [0.15, 0.2) is 158 Å². The van der Waals surface area contributed by atoms with Crippen LogP contribution in [0.5, 0.6) is 11.5 Å². The summed E-state index contributed by atoms with van der Waals surface area (Å²) in [6.07, 6.45) is 16.7. The number of nitrogens with one attached hydrogen (secondary N) is 8. The van der Waals surface area contributed by atoms with E-state index in [0.717, 1.165) is 0 Å². The number of hydrogen-bond donors (Lipinski definition) is 14. The number of nitrogens with zero attached hydrogens (tertiary/aromatic N) is 2. The van der Waals surface area contributed by atoms with Gasteiger partial charge in [-0.3, -0.25) is 67.3 Å². The number of ether oxygens (including phenoxy) is 2. The number of aliphatic hydroxyl groups is 4. The zero-order valence-corrected chi connectivity index (χ0v) is 75.8. The molecule has 2 unspecified atom stereocenters. The number of rotatable bonds is 27. The molecule has 14 N–H and O–H groups in total. The minimum Gasteiger partial charge on any atom is -0.508 e. The molecule has 0 spiro atoms. The molecular formula is C92H133N10O24P. The highest BCUT2D eigenvalue weighted by Gasteiger charge is 2.42. The summed E-state index contributed by atoms with van der Waals surface area (Å²) in [4.78, 5) is 170. The van der Waals surface area contributed by atoms with Gasteiger partial charge < -0.3 is 90.7 Å². The Balaban J connectivity index is 0.000000459. The first kappa shape index (κ1) is 109. The molecule has 35 heteroatoms. The number of aldehydes is 1. The molecule has 2 aromatic rings. The van der Waals surface area contributed by atoms with Crippen molar-refractivity contribution in [3.05, 3.63) is 169 Å². The highest BCUT2D eigenvalue weighted by Crippen LogP contribution is 2.47. The second-order valence-corrected chi connectivity index (χ2v) is 34.4. The summed E-state index contributed by atoms with van der Waals surface area (Å²) in [6.45, 7) is 28.1. The van der Waals surface area contributed by atoms with Gasteiger partial charge in [0.25, 0.3) is 11.8 Å². The van der Waals surface area contributed by atoms with Crippen LogP contribution in [-0.2, 0) is 98.3 Å². The molecule has 4 aliphatic heterocycles. The molecule has 4 bridgehead atoms. The average molecular weight is 1790 g/mol. The molecule has 0 radical (unpaired) electrons. The van der Waals surface area contributed by atoms with Crippen LogP contribution in [0.1, 0.15) is 158 Å². The van der Waals surface area contributed by atoms with Gasteiger partial charge in [0, 0.05) is 82.6 Å². The molecule has 0 saturated carbocycles. The Hall–Kier alpha value is -10.7. The fourth-order valence-corrected chi connectivity index (χ4v) is 15.4.